The Kier molecular flexibility index (Phi) is 8.47. The molecule has 3 aromatic rings. The number of amides is 2. The second kappa shape index (κ2) is 11.3. The van der Waals surface area contributed by atoms with Crippen molar-refractivity contribution in [1.82, 2.24) is 0 Å². The zero-order valence-electron chi connectivity index (χ0n) is 18.1. The first kappa shape index (κ1) is 24.7. The maximum atomic E-state index is 13.3. The summed E-state index contributed by atoms with van der Waals surface area (Å²) in [6, 6.07) is 15.5. The van der Waals surface area contributed by atoms with Gasteiger partial charge in [-0.25, -0.2) is 4.39 Å². The van der Waals surface area contributed by atoms with E-state index in [-0.39, 0.29) is 10.9 Å². The lowest BCUT2D eigenvalue weighted by Crippen LogP contribution is -2.15. The minimum Gasteiger partial charge on any atom is -0.492 e. The molecule has 0 saturated carbocycles. The molecule has 0 bridgehead atoms. The van der Waals surface area contributed by atoms with Crippen LogP contribution in [0.1, 0.15) is 41.0 Å². The summed E-state index contributed by atoms with van der Waals surface area (Å²) in [4.78, 5) is 25.2. The summed E-state index contributed by atoms with van der Waals surface area (Å²) in [6.45, 7) is 4.85. The molecule has 0 fully saturated rings. The van der Waals surface area contributed by atoms with Gasteiger partial charge in [0.2, 0.25) is 0 Å². The first-order chi connectivity index (χ1) is 15.7. The Morgan fingerprint density at radius 3 is 2.27 bits per heavy atom. The van der Waals surface area contributed by atoms with Crippen LogP contribution < -0.4 is 15.4 Å². The minimum absolute atomic E-state index is 0.0867. The molecule has 33 heavy (non-hydrogen) atoms. The Hall–Kier alpha value is -2.90. The standard InChI is InChI=1S/C25H23BrClFN2O3/c1-15(2)10-11-33-23-9-6-17(13-20(23)26)25(32)29-18-5-3-4-16(12-18)24(31)30-19-7-8-22(28)21(27)14-19/h3-9,12-15H,10-11H2,1-2H3,(H,29,32)(H,30,31). The summed E-state index contributed by atoms with van der Waals surface area (Å²) in [6.07, 6.45) is 0.937. The van der Waals surface area contributed by atoms with Crippen LogP contribution in [0.4, 0.5) is 15.8 Å². The second-order valence-corrected chi connectivity index (χ2v) is 9.06. The van der Waals surface area contributed by atoms with Gasteiger partial charge in [-0.2, -0.15) is 0 Å². The van der Waals surface area contributed by atoms with Crippen molar-refractivity contribution >= 4 is 50.7 Å². The predicted molar refractivity (Wildman–Crippen MR) is 133 cm³/mol. The third kappa shape index (κ3) is 7.04. The summed E-state index contributed by atoms with van der Waals surface area (Å²) in [5, 5.41) is 5.35. The van der Waals surface area contributed by atoms with E-state index in [0.717, 1.165) is 6.42 Å². The van der Waals surface area contributed by atoms with Crippen molar-refractivity contribution in [2.75, 3.05) is 17.2 Å². The van der Waals surface area contributed by atoms with Crippen LogP contribution >= 0.6 is 27.5 Å². The maximum Gasteiger partial charge on any atom is 0.255 e. The molecule has 0 aliphatic heterocycles. The van der Waals surface area contributed by atoms with Crippen LogP contribution in [0, 0.1) is 11.7 Å². The van der Waals surface area contributed by atoms with E-state index in [1.165, 1.54) is 18.2 Å². The highest BCUT2D eigenvalue weighted by Gasteiger charge is 2.12. The Morgan fingerprint density at radius 2 is 1.64 bits per heavy atom. The number of ether oxygens (including phenoxy) is 1. The van der Waals surface area contributed by atoms with E-state index in [4.69, 9.17) is 16.3 Å². The van der Waals surface area contributed by atoms with Crippen LogP contribution in [-0.2, 0) is 0 Å². The Morgan fingerprint density at radius 1 is 0.970 bits per heavy atom. The topological polar surface area (TPSA) is 67.4 Å². The normalized spacial score (nSPS) is 10.7. The number of hydrogen-bond donors (Lipinski definition) is 2. The summed E-state index contributed by atoms with van der Waals surface area (Å²) < 4.78 is 19.7. The SMILES string of the molecule is CC(C)CCOc1ccc(C(=O)Nc2cccc(C(=O)Nc3ccc(F)c(Cl)c3)c2)cc1Br. The third-order valence-corrected chi connectivity index (χ3v) is 5.62. The number of anilines is 2. The Bertz CT molecular complexity index is 1170. The van der Waals surface area contributed by atoms with Gasteiger partial charge >= 0.3 is 0 Å². The van der Waals surface area contributed by atoms with Crippen molar-refractivity contribution in [3.05, 3.63) is 87.1 Å². The van der Waals surface area contributed by atoms with Crippen LogP contribution in [-0.4, -0.2) is 18.4 Å². The van der Waals surface area contributed by atoms with Crippen LogP contribution in [0.3, 0.4) is 0 Å². The third-order valence-electron chi connectivity index (χ3n) is 4.71. The zero-order valence-corrected chi connectivity index (χ0v) is 20.5. The van der Waals surface area contributed by atoms with Crippen LogP contribution in [0.15, 0.2) is 65.1 Å². The van der Waals surface area contributed by atoms with Crippen LogP contribution in [0.2, 0.25) is 5.02 Å². The molecular formula is C25H23BrClFN2O3. The number of nitrogens with one attached hydrogen (secondary N) is 2. The Labute approximate surface area is 205 Å². The van der Waals surface area contributed by atoms with Gasteiger partial charge in [-0.3, -0.25) is 9.59 Å². The highest BCUT2D eigenvalue weighted by Crippen LogP contribution is 2.27. The molecule has 0 radical (unpaired) electrons. The highest BCUT2D eigenvalue weighted by molar-refractivity contribution is 9.10. The molecule has 0 spiro atoms. The molecule has 0 aliphatic rings. The van der Waals surface area contributed by atoms with Crippen molar-refractivity contribution in [1.29, 1.82) is 0 Å². The number of benzene rings is 3. The van der Waals surface area contributed by atoms with Gasteiger partial charge in [0.1, 0.15) is 11.6 Å². The number of carbonyl (C=O) groups excluding carboxylic acids is 2. The lowest BCUT2D eigenvalue weighted by Gasteiger charge is -2.12. The Balaban J connectivity index is 1.65. The van der Waals surface area contributed by atoms with E-state index in [9.17, 15) is 14.0 Å². The maximum absolute atomic E-state index is 13.3. The summed E-state index contributed by atoms with van der Waals surface area (Å²) in [5.74, 6) is -0.0974. The molecule has 3 aromatic carbocycles. The van der Waals surface area contributed by atoms with E-state index in [0.29, 0.717) is 45.2 Å². The number of hydrogen-bond acceptors (Lipinski definition) is 3. The molecule has 2 N–H and O–H groups in total. The molecule has 3 rings (SSSR count). The molecule has 2 amide bonds. The number of carbonyl (C=O) groups is 2. The monoisotopic (exact) mass is 532 g/mol. The zero-order chi connectivity index (χ0) is 24.0. The molecule has 0 unspecified atom stereocenters. The van der Waals surface area contributed by atoms with Gasteiger partial charge in [0, 0.05) is 22.5 Å². The largest absolute Gasteiger partial charge is 0.492 e. The van der Waals surface area contributed by atoms with Crippen molar-refractivity contribution in [3.63, 3.8) is 0 Å². The molecule has 8 heteroatoms. The van der Waals surface area contributed by atoms with E-state index < -0.39 is 11.7 Å². The van der Waals surface area contributed by atoms with E-state index in [2.05, 4.69) is 40.4 Å². The fraction of sp³-hybridized carbons (Fsp3) is 0.200. The summed E-state index contributed by atoms with van der Waals surface area (Å²) in [5.41, 5.74) is 1.58. The summed E-state index contributed by atoms with van der Waals surface area (Å²) >= 11 is 9.21. The highest BCUT2D eigenvalue weighted by atomic mass is 79.9. The van der Waals surface area contributed by atoms with Crippen molar-refractivity contribution in [3.8, 4) is 5.75 Å². The molecular weight excluding hydrogens is 511 g/mol. The lowest BCUT2D eigenvalue weighted by atomic mass is 10.1. The van der Waals surface area contributed by atoms with E-state index in [1.54, 1.807) is 42.5 Å². The molecule has 0 aliphatic carbocycles. The molecule has 5 nitrogen and oxygen atoms in total. The minimum atomic E-state index is -0.568. The van der Waals surface area contributed by atoms with Gasteiger partial charge in [0.05, 0.1) is 16.1 Å². The quantitative estimate of drug-likeness (QED) is 0.322. The van der Waals surface area contributed by atoms with Crippen molar-refractivity contribution in [2.45, 2.75) is 20.3 Å². The van der Waals surface area contributed by atoms with Gasteiger partial charge in [-0.1, -0.05) is 31.5 Å². The van der Waals surface area contributed by atoms with Crippen LogP contribution in [0.5, 0.6) is 5.75 Å². The number of rotatable bonds is 8. The average molecular weight is 534 g/mol. The van der Waals surface area contributed by atoms with E-state index >= 15 is 0 Å². The lowest BCUT2D eigenvalue weighted by molar-refractivity contribution is 0.101. The van der Waals surface area contributed by atoms with Gasteiger partial charge in [-0.05, 0) is 82.9 Å². The molecule has 0 heterocycles. The number of halogens is 3. The van der Waals surface area contributed by atoms with Gasteiger partial charge in [-0.15, -0.1) is 0 Å². The van der Waals surface area contributed by atoms with Gasteiger partial charge < -0.3 is 15.4 Å². The van der Waals surface area contributed by atoms with Gasteiger partial charge in [0.15, 0.2) is 0 Å². The second-order valence-electron chi connectivity index (χ2n) is 7.79. The molecule has 172 valence electrons. The predicted octanol–water partition coefficient (Wildman–Crippen LogP) is 7.17. The fourth-order valence-electron chi connectivity index (χ4n) is 2.88. The smallest absolute Gasteiger partial charge is 0.255 e. The van der Waals surface area contributed by atoms with Gasteiger partial charge in [0.25, 0.3) is 11.8 Å². The average Bonchev–Trinajstić information content (AvgIpc) is 2.77. The first-order valence-corrected chi connectivity index (χ1v) is 11.5. The molecule has 0 saturated heterocycles. The summed E-state index contributed by atoms with van der Waals surface area (Å²) in [7, 11) is 0. The van der Waals surface area contributed by atoms with E-state index in [1.807, 2.05) is 0 Å². The van der Waals surface area contributed by atoms with Crippen LogP contribution in [0.25, 0.3) is 0 Å². The fourth-order valence-corrected chi connectivity index (χ4v) is 3.56. The van der Waals surface area contributed by atoms with Crippen molar-refractivity contribution in [2.24, 2.45) is 5.92 Å². The first-order valence-electron chi connectivity index (χ1n) is 10.3. The van der Waals surface area contributed by atoms with Crippen molar-refractivity contribution < 1.29 is 18.7 Å². The molecule has 0 atom stereocenters. The molecule has 0 aromatic heterocycles.